The van der Waals surface area contributed by atoms with Crippen molar-refractivity contribution < 1.29 is 32.1 Å². The number of hydrogen-bond acceptors (Lipinski definition) is 12. The van der Waals surface area contributed by atoms with E-state index in [0.29, 0.717) is 61.6 Å². The predicted molar refractivity (Wildman–Crippen MR) is 189 cm³/mol. The lowest BCUT2D eigenvalue weighted by Gasteiger charge is -2.42. The van der Waals surface area contributed by atoms with Crippen molar-refractivity contribution in [2.45, 2.75) is 69.9 Å². The monoisotopic (exact) mass is 750 g/mol. The van der Waals surface area contributed by atoms with Gasteiger partial charge in [0.05, 0.1) is 53.5 Å². The van der Waals surface area contributed by atoms with Gasteiger partial charge in [-0.3, -0.25) is 9.88 Å². The zero-order chi connectivity index (χ0) is 36.6. The molecule has 10 rings (SSSR count). The number of nitrogens with zero attached hydrogens (tertiary/aromatic N) is 7. The Bertz CT molecular complexity index is 2210. The van der Waals surface area contributed by atoms with Crippen molar-refractivity contribution in [2.24, 2.45) is 17.3 Å². The minimum absolute atomic E-state index is 0.0128. The molecule has 278 valence electrons. The number of halogens is 4. The number of aromatic nitrogens is 3. The van der Waals surface area contributed by atoms with Crippen LogP contribution in [0.2, 0.25) is 0 Å². The lowest BCUT2D eigenvalue weighted by Crippen LogP contribution is -2.55. The van der Waals surface area contributed by atoms with Crippen molar-refractivity contribution in [3.05, 3.63) is 34.5 Å². The van der Waals surface area contributed by atoms with Crippen molar-refractivity contribution in [2.75, 3.05) is 56.5 Å². The summed E-state index contributed by atoms with van der Waals surface area (Å²) in [5.41, 5.74) is 7.38. The number of nitrogens with two attached hydrogens (primary N) is 1. The molecule has 3 aromatic heterocycles. The van der Waals surface area contributed by atoms with Crippen LogP contribution < -0.4 is 15.4 Å². The number of β-amino-alcohol motifs (C(OH)–C–C–N with tert-alkyl or cyclic N) is 1. The van der Waals surface area contributed by atoms with E-state index in [4.69, 9.17) is 25.2 Å². The number of pyridine rings is 1. The third-order valence-corrected chi connectivity index (χ3v) is 13.5. The highest BCUT2D eigenvalue weighted by molar-refractivity contribution is 7.23. The van der Waals surface area contributed by atoms with E-state index in [2.05, 4.69) is 25.8 Å². The largest absolute Gasteiger partial charge is 0.463 e. The minimum Gasteiger partial charge on any atom is -0.463 e. The topological polar surface area (TPSA) is 137 Å². The molecule has 2 aliphatic carbocycles. The molecule has 53 heavy (non-hydrogen) atoms. The lowest BCUT2D eigenvalue weighted by atomic mass is 9.93. The summed E-state index contributed by atoms with van der Waals surface area (Å²) in [7, 11) is 0. The van der Waals surface area contributed by atoms with Crippen LogP contribution in [0.4, 0.5) is 28.4 Å². The number of anilines is 2. The number of nitrogen functional groups attached to an aromatic ring is 1. The number of ether oxygens (including phenoxy) is 2. The van der Waals surface area contributed by atoms with E-state index in [0.717, 1.165) is 43.2 Å². The van der Waals surface area contributed by atoms with Gasteiger partial charge >= 0.3 is 6.01 Å². The number of aliphatic hydroxyl groups excluding tert-OH is 1. The van der Waals surface area contributed by atoms with Gasteiger partial charge in [0.25, 0.3) is 5.92 Å². The maximum atomic E-state index is 17.5. The van der Waals surface area contributed by atoms with Gasteiger partial charge in [-0.25, -0.2) is 17.6 Å². The molecule has 5 fully saturated rings. The normalized spacial score (nSPS) is 27.3. The van der Waals surface area contributed by atoms with Gasteiger partial charge in [0.1, 0.15) is 22.4 Å². The molecule has 2 saturated carbocycles. The van der Waals surface area contributed by atoms with E-state index in [9.17, 15) is 19.1 Å². The van der Waals surface area contributed by atoms with Gasteiger partial charge in [-0.05, 0) is 43.7 Å². The van der Waals surface area contributed by atoms with Crippen LogP contribution in [0.3, 0.4) is 0 Å². The number of fused-ring (bicyclic) bond motifs is 7. The fourth-order valence-electron chi connectivity index (χ4n) is 9.67. The van der Waals surface area contributed by atoms with Gasteiger partial charge in [0, 0.05) is 79.6 Å². The van der Waals surface area contributed by atoms with Crippen LogP contribution in [0.25, 0.3) is 32.2 Å². The van der Waals surface area contributed by atoms with Crippen molar-refractivity contribution in [3.63, 3.8) is 0 Å². The van der Waals surface area contributed by atoms with Crippen LogP contribution in [-0.4, -0.2) is 99.8 Å². The highest BCUT2D eigenvalue weighted by Crippen LogP contribution is 2.60. The zero-order valence-electron chi connectivity index (χ0n) is 29.0. The number of alkyl halides is 2. The zero-order valence-corrected chi connectivity index (χ0v) is 29.9. The summed E-state index contributed by atoms with van der Waals surface area (Å²) in [4.78, 5) is 20.7. The number of piperazine rings is 1. The maximum Gasteiger partial charge on any atom is 0.319 e. The van der Waals surface area contributed by atoms with Gasteiger partial charge in [-0.15, -0.1) is 11.3 Å². The van der Waals surface area contributed by atoms with Crippen LogP contribution in [0.5, 0.6) is 6.01 Å². The third kappa shape index (κ3) is 5.21. The van der Waals surface area contributed by atoms with Crippen LogP contribution in [0.15, 0.2) is 6.20 Å². The molecule has 3 saturated heterocycles. The summed E-state index contributed by atoms with van der Waals surface area (Å²) in [6.07, 6.45) is 4.10. The number of hydrogen-bond donors (Lipinski definition) is 2. The Morgan fingerprint density at radius 3 is 2.47 bits per heavy atom. The average molecular weight is 751 g/mol. The Morgan fingerprint density at radius 1 is 1.08 bits per heavy atom. The number of aliphatic hydroxyl groups is 1. The Kier molecular flexibility index (Phi) is 7.50. The van der Waals surface area contributed by atoms with Crippen LogP contribution in [0.1, 0.15) is 49.3 Å². The predicted octanol–water partition coefficient (Wildman–Crippen LogP) is 5.06. The number of nitriles is 1. The second-order valence-electron chi connectivity index (χ2n) is 16.0. The first-order chi connectivity index (χ1) is 25.5. The van der Waals surface area contributed by atoms with Gasteiger partial charge in [0.15, 0.2) is 11.6 Å². The van der Waals surface area contributed by atoms with Crippen molar-refractivity contribution in [1.82, 2.24) is 24.8 Å². The van der Waals surface area contributed by atoms with Crippen LogP contribution in [0, 0.1) is 40.2 Å². The molecule has 1 aromatic carbocycles. The molecule has 16 heteroatoms. The average Bonchev–Trinajstić information content (AvgIpc) is 3.54. The van der Waals surface area contributed by atoms with Crippen molar-refractivity contribution in [1.29, 1.82) is 5.26 Å². The smallest absolute Gasteiger partial charge is 0.319 e. The molecule has 2 bridgehead atoms. The summed E-state index contributed by atoms with van der Waals surface area (Å²) < 4.78 is 72.9. The van der Waals surface area contributed by atoms with Crippen LogP contribution in [-0.2, 0) is 18.0 Å². The molecule has 6 aliphatic rings. The molecule has 0 radical (unpaired) electrons. The molecular weight excluding hydrogens is 713 g/mol. The summed E-state index contributed by atoms with van der Waals surface area (Å²) in [6, 6.07) is 2.18. The first-order valence-corrected chi connectivity index (χ1v) is 19.1. The van der Waals surface area contributed by atoms with Gasteiger partial charge < -0.3 is 30.1 Å². The van der Waals surface area contributed by atoms with Crippen LogP contribution >= 0.6 is 11.3 Å². The Balaban J connectivity index is 1.09. The Morgan fingerprint density at radius 2 is 1.79 bits per heavy atom. The highest BCUT2D eigenvalue weighted by atomic mass is 32.1. The SMILES string of the molecule is C[C@@H](O)CN1CC2CCC(C1)N2c1nc(OCC2(CN3CC4C(C3)C4(F)F)CC2)nc2c(F)c(-c3ncc(F)c4sc(N)c(C#N)c34)c3c(c12)COC3. The first-order valence-electron chi connectivity index (χ1n) is 18.3. The number of likely N-dealkylation sites (tertiary alicyclic amines) is 2. The molecule has 7 heterocycles. The molecule has 4 aromatic rings. The minimum atomic E-state index is -2.55. The lowest BCUT2D eigenvalue weighted by molar-refractivity contribution is 0.0460. The number of piperidine rings is 1. The summed E-state index contributed by atoms with van der Waals surface area (Å²) in [5.74, 6) is -4.47. The molecule has 11 nitrogen and oxygen atoms in total. The number of thiophene rings is 1. The number of rotatable bonds is 9. The van der Waals surface area contributed by atoms with Crippen molar-refractivity contribution >= 4 is 43.1 Å². The fourth-order valence-corrected chi connectivity index (χ4v) is 10.6. The molecule has 5 atom stereocenters. The van der Waals surface area contributed by atoms with E-state index in [1.807, 2.05) is 0 Å². The summed E-state index contributed by atoms with van der Waals surface area (Å²) >= 11 is 0.919. The van der Waals surface area contributed by atoms with Gasteiger partial charge in [-0.2, -0.15) is 15.2 Å². The second-order valence-corrected chi connectivity index (χ2v) is 17.1. The first kappa shape index (κ1) is 33.7. The standard InChI is InChI=1S/C37H38F4N8O3S/c1-17(50)8-47-9-18-2-3-19(10-47)49(18)34-28-22-14-51-13-21(22)26(30-27-20(6-42)33(43)53-32(27)25(38)7-44-30)29(39)31(28)45-35(46-34)52-16-36(4-5-36)15-48-11-23-24(12-48)37(23,40)41/h7,17-19,23-24,50H,2-5,8-16,43H2,1H3/t17-,18?,19?,23?,24?/m1/s1. The molecule has 0 spiro atoms. The number of benzene rings is 1. The second kappa shape index (κ2) is 11.8. The summed E-state index contributed by atoms with van der Waals surface area (Å²) in [6.45, 7) is 5.64. The van der Waals surface area contributed by atoms with Gasteiger partial charge in [-0.1, -0.05) is 0 Å². The van der Waals surface area contributed by atoms with E-state index in [1.165, 1.54) is 0 Å². The van der Waals surface area contributed by atoms with E-state index >= 15 is 8.78 Å². The molecular formula is C37H38F4N8O3S. The molecule has 4 aliphatic heterocycles. The maximum absolute atomic E-state index is 17.5. The van der Waals surface area contributed by atoms with E-state index in [-0.39, 0.29) is 80.8 Å². The Labute approximate surface area is 306 Å². The third-order valence-electron chi connectivity index (χ3n) is 12.4. The highest BCUT2D eigenvalue weighted by Gasteiger charge is 2.71. The van der Waals surface area contributed by atoms with E-state index < -0.39 is 35.5 Å². The van der Waals surface area contributed by atoms with E-state index in [1.54, 1.807) is 6.92 Å². The van der Waals surface area contributed by atoms with Crippen molar-refractivity contribution in [3.8, 4) is 23.3 Å². The Hall–Kier alpha value is -3.88. The molecule has 3 N–H and O–H groups in total. The summed E-state index contributed by atoms with van der Waals surface area (Å²) in [5, 5.41) is 20.9. The fraction of sp³-hybridized carbons (Fsp3) is 0.568. The molecule has 4 unspecified atom stereocenters. The van der Waals surface area contributed by atoms with Gasteiger partial charge in [0.2, 0.25) is 0 Å². The quantitative estimate of drug-likeness (QED) is 0.222. The molecule has 0 amide bonds.